The monoisotopic (exact) mass is 289 g/mol. The Bertz CT molecular complexity index is 315. The first-order valence-corrected chi connectivity index (χ1v) is 6.94. The van der Waals surface area contributed by atoms with Gasteiger partial charge in [0.2, 0.25) is 0 Å². The van der Waals surface area contributed by atoms with E-state index in [-0.39, 0.29) is 0 Å². The number of rotatable bonds is 4. The van der Waals surface area contributed by atoms with Crippen molar-refractivity contribution in [1.82, 2.24) is 5.32 Å². The van der Waals surface area contributed by atoms with Gasteiger partial charge in [0, 0.05) is 34.4 Å². The molecule has 2 unspecified atom stereocenters. The maximum Gasteiger partial charge on any atom is 0.0586 e. The minimum atomic E-state index is 0.470. The molecule has 1 aromatic heterocycles. The summed E-state index contributed by atoms with van der Waals surface area (Å²) in [6.45, 7) is 0.983. The van der Waals surface area contributed by atoms with Crippen LogP contribution in [0.25, 0.3) is 0 Å². The van der Waals surface area contributed by atoms with Crippen LogP contribution in [0.1, 0.15) is 24.1 Å². The van der Waals surface area contributed by atoms with Gasteiger partial charge in [-0.25, -0.2) is 0 Å². The Labute approximate surface area is 103 Å². The van der Waals surface area contributed by atoms with Crippen molar-refractivity contribution in [2.75, 3.05) is 7.11 Å². The van der Waals surface area contributed by atoms with Crippen molar-refractivity contribution in [3.63, 3.8) is 0 Å². The van der Waals surface area contributed by atoms with Gasteiger partial charge in [-0.1, -0.05) is 0 Å². The molecule has 2 rings (SSSR count). The van der Waals surface area contributed by atoms with Crippen molar-refractivity contribution in [1.29, 1.82) is 0 Å². The van der Waals surface area contributed by atoms with Gasteiger partial charge in [-0.05, 0) is 41.3 Å². The summed E-state index contributed by atoms with van der Waals surface area (Å²) >= 11 is 5.27. The first-order valence-electron chi connectivity index (χ1n) is 5.27. The van der Waals surface area contributed by atoms with Crippen LogP contribution in [0.5, 0.6) is 0 Å². The third kappa shape index (κ3) is 3.28. The lowest BCUT2D eigenvalue weighted by molar-refractivity contribution is 0.107. The van der Waals surface area contributed by atoms with Crippen LogP contribution in [0, 0.1) is 0 Å². The zero-order chi connectivity index (χ0) is 10.7. The fourth-order valence-corrected chi connectivity index (χ4v) is 3.43. The minimum absolute atomic E-state index is 0.470. The Morgan fingerprint density at radius 3 is 3.07 bits per heavy atom. The number of thiophene rings is 1. The van der Waals surface area contributed by atoms with Crippen LogP contribution in [0.3, 0.4) is 0 Å². The summed E-state index contributed by atoms with van der Waals surface area (Å²) in [6.07, 6.45) is 4.06. The molecule has 0 bridgehead atoms. The standard InChI is InChI=1S/C11H16BrNOS/c1-14-10-3-2-9(5-10)13-6-11-4-8(12)7-15-11/h4,7,9-10,13H,2-3,5-6H2,1H3. The van der Waals surface area contributed by atoms with E-state index in [9.17, 15) is 0 Å². The van der Waals surface area contributed by atoms with E-state index in [1.165, 1.54) is 22.2 Å². The van der Waals surface area contributed by atoms with Gasteiger partial charge in [0.25, 0.3) is 0 Å². The molecule has 1 aliphatic carbocycles. The fraction of sp³-hybridized carbons (Fsp3) is 0.636. The third-order valence-corrected chi connectivity index (χ3v) is 4.60. The van der Waals surface area contributed by atoms with Gasteiger partial charge in [-0.15, -0.1) is 11.3 Å². The number of ether oxygens (including phenoxy) is 1. The molecule has 2 atom stereocenters. The van der Waals surface area contributed by atoms with E-state index in [2.05, 4.69) is 32.7 Å². The summed E-state index contributed by atoms with van der Waals surface area (Å²) in [4.78, 5) is 1.39. The lowest BCUT2D eigenvalue weighted by Gasteiger charge is -2.11. The number of hydrogen-bond donors (Lipinski definition) is 1. The average Bonchev–Trinajstić information content (AvgIpc) is 2.83. The van der Waals surface area contributed by atoms with Gasteiger partial charge in [0.15, 0.2) is 0 Å². The van der Waals surface area contributed by atoms with Crippen LogP contribution in [-0.2, 0) is 11.3 Å². The molecule has 1 N–H and O–H groups in total. The van der Waals surface area contributed by atoms with E-state index >= 15 is 0 Å². The molecule has 0 aliphatic heterocycles. The largest absolute Gasteiger partial charge is 0.381 e. The van der Waals surface area contributed by atoms with Crippen LogP contribution in [0.15, 0.2) is 15.9 Å². The molecule has 1 aromatic rings. The van der Waals surface area contributed by atoms with Crippen molar-refractivity contribution in [3.05, 3.63) is 20.8 Å². The average molecular weight is 290 g/mol. The Balaban J connectivity index is 1.75. The summed E-state index contributed by atoms with van der Waals surface area (Å²) in [5, 5.41) is 5.71. The highest BCUT2D eigenvalue weighted by Gasteiger charge is 2.23. The van der Waals surface area contributed by atoms with Crippen LogP contribution in [-0.4, -0.2) is 19.3 Å². The van der Waals surface area contributed by atoms with Crippen LogP contribution in [0.4, 0.5) is 0 Å². The molecule has 2 nitrogen and oxygen atoms in total. The molecule has 1 heterocycles. The van der Waals surface area contributed by atoms with E-state index in [1.807, 2.05) is 7.11 Å². The first-order chi connectivity index (χ1) is 7.28. The summed E-state index contributed by atoms with van der Waals surface area (Å²) in [7, 11) is 1.81. The molecule has 0 aromatic carbocycles. The molecule has 4 heteroatoms. The van der Waals surface area contributed by atoms with E-state index < -0.39 is 0 Å². The Morgan fingerprint density at radius 1 is 1.60 bits per heavy atom. The molecular formula is C11H16BrNOS. The molecule has 1 fully saturated rings. The second-order valence-electron chi connectivity index (χ2n) is 3.98. The molecule has 84 valence electrons. The quantitative estimate of drug-likeness (QED) is 0.919. The Kier molecular flexibility index (Phi) is 4.20. The fourth-order valence-electron chi connectivity index (χ4n) is 2.03. The summed E-state index contributed by atoms with van der Waals surface area (Å²) in [5.41, 5.74) is 0. The topological polar surface area (TPSA) is 21.3 Å². The van der Waals surface area contributed by atoms with Crippen molar-refractivity contribution in [2.45, 2.75) is 38.0 Å². The van der Waals surface area contributed by atoms with E-state index in [0.29, 0.717) is 12.1 Å². The van der Waals surface area contributed by atoms with Crippen molar-refractivity contribution in [3.8, 4) is 0 Å². The van der Waals surface area contributed by atoms with Crippen molar-refractivity contribution >= 4 is 27.3 Å². The number of methoxy groups -OCH3 is 1. The van der Waals surface area contributed by atoms with Crippen molar-refractivity contribution < 1.29 is 4.74 Å². The summed E-state index contributed by atoms with van der Waals surface area (Å²) in [6, 6.07) is 2.82. The molecular weight excluding hydrogens is 274 g/mol. The second-order valence-corrected chi connectivity index (χ2v) is 5.89. The number of halogens is 1. The second kappa shape index (κ2) is 5.43. The van der Waals surface area contributed by atoms with Gasteiger partial charge in [-0.3, -0.25) is 0 Å². The highest BCUT2D eigenvalue weighted by atomic mass is 79.9. The zero-order valence-electron chi connectivity index (χ0n) is 8.83. The minimum Gasteiger partial charge on any atom is -0.381 e. The van der Waals surface area contributed by atoms with E-state index in [1.54, 1.807) is 11.3 Å². The highest BCUT2D eigenvalue weighted by molar-refractivity contribution is 9.10. The Morgan fingerprint density at radius 2 is 2.47 bits per heavy atom. The normalized spacial score (nSPS) is 26.0. The Hall–Kier alpha value is 0.1000. The molecule has 0 saturated heterocycles. The first kappa shape index (κ1) is 11.6. The summed E-state index contributed by atoms with van der Waals surface area (Å²) in [5.74, 6) is 0. The predicted molar refractivity (Wildman–Crippen MR) is 67.3 cm³/mol. The van der Waals surface area contributed by atoms with Gasteiger partial charge >= 0.3 is 0 Å². The smallest absolute Gasteiger partial charge is 0.0586 e. The maximum absolute atomic E-state index is 5.35. The van der Waals surface area contributed by atoms with E-state index in [0.717, 1.165) is 13.0 Å². The predicted octanol–water partition coefficient (Wildman–Crippen LogP) is 3.17. The lowest BCUT2D eigenvalue weighted by Crippen LogP contribution is -2.26. The molecule has 1 aliphatic rings. The zero-order valence-corrected chi connectivity index (χ0v) is 11.2. The molecule has 0 radical (unpaired) electrons. The van der Waals surface area contributed by atoms with Gasteiger partial charge in [-0.2, -0.15) is 0 Å². The van der Waals surface area contributed by atoms with Crippen molar-refractivity contribution in [2.24, 2.45) is 0 Å². The maximum atomic E-state index is 5.35. The summed E-state index contributed by atoms with van der Waals surface area (Å²) < 4.78 is 6.54. The molecule has 15 heavy (non-hydrogen) atoms. The molecule has 1 saturated carbocycles. The number of nitrogens with one attached hydrogen (secondary N) is 1. The van der Waals surface area contributed by atoms with Crippen LogP contribution in [0.2, 0.25) is 0 Å². The molecule has 0 amide bonds. The van der Waals surface area contributed by atoms with Gasteiger partial charge in [0.1, 0.15) is 0 Å². The highest BCUT2D eigenvalue weighted by Crippen LogP contribution is 2.23. The van der Waals surface area contributed by atoms with Crippen LogP contribution >= 0.6 is 27.3 Å². The van der Waals surface area contributed by atoms with Crippen LogP contribution < -0.4 is 5.32 Å². The SMILES string of the molecule is COC1CCC(NCc2cc(Br)cs2)C1. The van der Waals surface area contributed by atoms with E-state index in [4.69, 9.17) is 4.74 Å². The van der Waals surface area contributed by atoms with Gasteiger partial charge in [0.05, 0.1) is 6.10 Å². The third-order valence-electron chi connectivity index (χ3n) is 2.90. The van der Waals surface area contributed by atoms with Gasteiger partial charge < -0.3 is 10.1 Å². The lowest BCUT2D eigenvalue weighted by atomic mass is 10.2. The number of hydrogen-bond acceptors (Lipinski definition) is 3. The molecule has 0 spiro atoms.